The lowest BCUT2D eigenvalue weighted by atomic mass is 9.95. The van der Waals surface area contributed by atoms with Gasteiger partial charge in [0.15, 0.2) is 0 Å². The normalized spacial score (nSPS) is 12.6. The maximum atomic E-state index is 13.2. The van der Waals surface area contributed by atoms with Gasteiger partial charge in [-0.25, -0.2) is 4.39 Å². The van der Waals surface area contributed by atoms with Gasteiger partial charge in [0.25, 0.3) is 0 Å². The number of allylic oxidation sites excluding steroid dienone is 5. The Labute approximate surface area is 109 Å². The molecule has 2 rings (SSSR count). The summed E-state index contributed by atoms with van der Waals surface area (Å²) in [6.07, 6.45) is 9.69. The highest BCUT2D eigenvalue weighted by molar-refractivity contribution is 5.79. The van der Waals surface area contributed by atoms with Gasteiger partial charge in [-0.15, -0.1) is 5.73 Å². The Morgan fingerprint density at radius 2 is 1.61 bits per heavy atom. The molecule has 0 heterocycles. The van der Waals surface area contributed by atoms with E-state index >= 15 is 0 Å². The monoisotopic (exact) mass is 242 g/mol. The third-order valence-electron chi connectivity index (χ3n) is 2.60. The molecule has 0 aliphatic heterocycles. The number of aryl methyl sites for hydroxylation is 2. The molecule has 0 aromatic heterocycles. The molecule has 18 heavy (non-hydrogen) atoms. The van der Waals surface area contributed by atoms with Crippen LogP contribution in [-0.2, 0) is 0 Å². The molecule has 0 spiro atoms. The number of rotatable bonds is 1. The molecule has 1 aromatic rings. The third kappa shape index (κ3) is 3.32. The lowest BCUT2D eigenvalue weighted by Gasteiger charge is -2.10. The highest BCUT2D eigenvalue weighted by Crippen LogP contribution is 2.25. The van der Waals surface area contributed by atoms with E-state index in [0.717, 1.165) is 22.3 Å². The Balaban J connectivity index is 0.000000771. The van der Waals surface area contributed by atoms with E-state index in [2.05, 4.69) is 5.73 Å². The Morgan fingerprint density at radius 1 is 1.00 bits per heavy atom. The summed E-state index contributed by atoms with van der Waals surface area (Å²) in [5.41, 5.74) is 7.14. The van der Waals surface area contributed by atoms with Crippen molar-refractivity contribution in [2.75, 3.05) is 0 Å². The van der Waals surface area contributed by atoms with E-state index in [0.29, 0.717) is 0 Å². The first-order valence-corrected chi connectivity index (χ1v) is 6.25. The van der Waals surface area contributed by atoms with Crippen molar-refractivity contribution in [3.05, 3.63) is 70.8 Å². The molecule has 0 radical (unpaired) electrons. The zero-order valence-electron chi connectivity index (χ0n) is 11.4. The van der Waals surface area contributed by atoms with Crippen LogP contribution in [0.5, 0.6) is 0 Å². The van der Waals surface area contributed by atoms with Crippen molar-refractivity contribution in [1.29, 1.82) is 0 Å². The fourth-order valence-corrected chi connectivity index (χ4v) is 1.98. The van der Waals surface area contributed by atoms with E-state index in [1.165, 1.54) is 0 Å². The molecule has 0 atom stereocenters. The van der Waals surface area contributed by atoms with Crippen LogP contribution >= 0.6 is 0 Å². The lowest BCUT2D eigenvalue weighted by molar-refractivity contribution is 0.625. The molecule has 0 amide bonds. The average molecular weight is 242 g/mol. The predicted octanol–water partition coefficient (Wildman–Crippen LogP) is 5.13. The topological polar surface area (TPSA) is 0 Å². The average Bonchev–Trinajstić information content (AvgIpc) is 2.59. The fraction of sp³-hybridized carbons (Fsp3) is 0.235. The largest absolute Gasteiger partial charge is 0.207 e. The zero-order chi connectivity index (χ0) is 13.5. The molecule has 1 heteroatoms. The van der Waals surface area contributed by atoms with Crippen LogP contribution in [0.1, 0.15) is 30.5 Å². The van der Waals surface area contributed by atoms with E-state index in [4.69, 9.17) is 0 Å². The Hall–Kier alpha value is -1.85. The summed E-state index contributed by atoms with van der Waals surface area (Å²) in [7, 11) is 0. The molecule has 0 N–H and O–H groups in total. The predicted molar refractivity (Wildman–Crippen MR) is 77.0 cm³/mol. The van der Waals surface area contributed by atoms with Crippen molar-refractivity contribution in [2.24, 2.45) is 0 Å². The van der Waals surface area contributed by atoms with Crippen LogP contribution in [0.25, 0.3) is 5.57 Å². The number of hydrogen-bond acceptors (Lipinski definition) is 0. The number of hydrogen-bond donors (Lipinski definition) is 0. The molecule has 94 valence electrons. The first kappa shape index (κ1) is 14.2. The maximum Gasteiger partial charge on any atom is 0.123 e. The smallest absolute Gasteiger partial charge is 0.123 e. The molecule has 1 aliphatic rings. The maximum absolute atomic E-state index is 13.2. The highest BCUT2D eigenvalue weighted by atomic mass is 19.1. The van der Waals surface area contributed by atoms with Crippen molar-refractivity contribution in [3.63, 3.8) is 0 Å². The minimum atomic E-state index is -0.178. The minimum absolute atomic E-state index is 0.178. The van der Waals surface area contributed by atoms with E-state index in [1.807, 2.05) is 58.1 Å². The zero-order valence-corrected chi connectivity index (χ0v) is 11.4. The van der Waals surface area contributed by atoms with E-state index in [9.17, 15) is 4.39 Å². The second-order valence-electron chi connectivity index (χ2n) is 3.90. The van der Waals surface area contributed by atoms with Crippen LogP contribution in [0, 0.1) is 19.7 Å². The summed E-state index contributed by atoms with van der Waals surface area (Å²) in [6.45, 7) is 7.86. The second kappa shape index (κ2) is 6.78. The van der Waals surface area contributed by atoms with Crippen LogP contribution < -0.4 is 0 Å². The van der Waals surface area contributed by atoms with Crippen LogP contribution in [0.15, 0.2) is 48.2 Å². The summed E-state index contributed by atoms with van der Waals surface area (Å²) in [4.78, 5) is 0. The second-order valence-corrected chi connectivity index (χ2v) is 3.90. The fourth-order valence-electron chi connectivity index (χ4n) is 1.98. The Kier molecular flexibility index (Phi) is 5.35. The molecule has 0 nitrogen and oxygen atoms in total. The van der Waals surface area contributed by atoms with Gasteiger partial charge in [0.2, 0.25) is 0 Å². The van der Waals surface area contributed by atoms with Crippen molar-refractivity contribution >= 4 is 5.57 Å². The molecule has 1 aliphatic carbocycles. The lowest BCUT2D eigenvalue weighted by Crippen LogP contribution is -1.93. The van der Waals surface area contributed by atoms with Crippen molar-refractivity contribution in [3.8, 4) is 0 Å². The van der Waals surface area contributed by atoms with Gasteiger partial charge in [-0.05, 0) is 60.4 Å². The van der Waals surface area contributed by atoms with Crippen molar-refractivity contribution in [1.82, 2.24) is 0 Å². The SMILES string of the molecule is CC.Cc1cc(F)cc(C)c1C1=CC=CC=C=C1. The standard InChI is InChI=1S/C15H13F.C2H6/c1-11-9-14(16)10-12(2)15(11)13-7-5-3-4-6-8-13;1-2/h3-5,7-10H,1-2H3;1-2H3. The van der Waals surface area contributed by atoms with Gasteiger partial charge in [-0.1, -0.05) is 32.1 Å². The van der Waals surface area contributed by atoms with Gasteiger partial charge >= 0.3 is 0 Å². The van der Waals surface area contributed by atoms with Gasteiger partial charge in [-0.3, -0.25) is 0 Å². The van der Waals surface area contributed by atoms with Gasteiger partial charge in [0, 0.05) is 0 Å². The Bertz CT molecular complexity index is 516. The van der Waals surface area contributed by atoms with Crippen molar-refractivity contribution < 1.29 is 4.39 Å². The molecule has 0 saturated carbocycles. The van der Waals surface area contributed by atoms with E-state index in [1.54, 1.807) is 12.1 Å². The van der Waals surface area contributed by atoms with E-state index in [-0.39, 0.29) is 5.82 Å². The quantitative estimate of drug-likeness (QED) is 0.599. The first-order chi connectivity index (χ1) is 8.68. The summed E-state index contributed by atoms with van der Waals surface area (Å²) >= 11 is 0. The highest BCUT2D eigenvalue weighted by Gasteiger charge is 2.08. The van der Waals surface area contributed by atoms with Crippen LogP contribution in [-0.4, -0.2) is 0 Å². The van der Waals surface area contributed by atoms with Gasteiger partial charge in [0.1, 0.15) is 5.82 Å². The van der Waals surface area contributed by atoms with Crippen LogP contribution in [0.2, 0.25) is 0 Å². The van der Waals surface area contributed by atoms with Gasteiger partial charge in [0.05, 0.1) is 0 Å². The van der Waals surface area contributed by atoms with Gasteiger partial charge in [-0.2, -0.15) is 0 Å². The summed E-state index contributed by atoms with van der Waals surface area (Å²) < 4.78 is 13.2. The minimum Gasteiger partial charge on any atom is -0.207 e. The third-order valence-corrected chi connectivity index (χ3v) is 2.60. The van der Waals surface area contributed by atoms with E-state index < -0.39 is 0 Å². The van der Waals surface area contributed by atoms with Crippen LogP contribution in [0.4, 0.5) is 4.39 Å². The van der Waals surface area contributed by atoms with Crippen molar-refractivity contribution in [2.45, 2.75) is 27.7 Å². The molecule has 0 unspecified atom stereocenters. The molecular formula is C17H19F. The van der Waals surface area contributed by atoms with Crippen LogP contribution in [0.3, 0.4) is 0 Å². The molecule has 1 aromatic carbocycles. The molecule has 0 fully saturated rings. The molecule has 0 bridgehead atoms. The summed E-state index contributed by atoms with van der Waals surface area (Å²) in [6, 6.07) is 3.13. The summed E-state index contributed by atoms with van der Waals surface area (Å²) in [5, 5.41) is 0. The molecule has 0 saturated heterocycles. The number of halogens is 1. The molecular weight excluding hydrogens is 223 g/mol. The Morgan fingerprint density at radius 3 is 2.22 bits per heavy atom. The number of benzene rings is 1. The summed E-state index contributed by atoms with van der Waals surface area (Å²) in [5.74, 6) is -0.178. The van der Waals surface area contributed by atoms with Gasteiger partial charge < -0.3 is 0 Å². The first-order valence-electron chi connectivity index (χ1n) is 6.25.